The highest BCUT2D eigenvalue weighted by molar-refractivity contribution is 9.10. The number of benzene rings is 1. The topological polar surface area (TPSA) is 62.2 Å². The fourth-order valence-electron chi connectivity index (χ4n) is 1.65. The number of thiazole rings is 1. The van der Waals surface area contributed by atoms with Crippen LogP contribution in [0.5, 0.6) is 0 Å². The molecule has 0 aliphatic rings. The van der Waals surface area contributed by atoms with Gasteiger partial charge in [-0.3, -0.25) is 0 Å². The molecule has 1 heterocycles. The molecule has 4 nitrogen and oxygen atoms in total. The smallest absolute Gasteiger partial charge is 0.335 e. The quantitative estimate of drug-likeness (QED) is 0.868. The first kappa shape index (κ1) is 14.0. The van der Waals surface area contributed by atoms with Gasteiger partial charge in [-0.2, -0.15) is 0 Å². The standard InChI is InChI=1S/C13H13BrN2O2S/c1-8(12-15-2-3-19-12)7-16-11-5-9(13(17)18)4-10(14)6-11/h2-6,8,16H,7H2,1H3,(H,17,18). The van der Waals surface area contributed by atoms with Crippen molar-refractivity contribution in [3.05, 3.63) is 44.8 Å². The Hall–Kier alpha value is -1.40. The minimum atomic E-state index is -0.933. The van der Waals surface area contributed by atoms with E-state index in [1.54, 1.807) is 29.7 Å². The molecule has 2 aromatic rings. The summed E-state index contributed by atoms with van der Waals surface area (Å²) in [5.41, 5.74) is 1.05. The van der Waals surface area contributed by atoms with Gasteiger partial charge in [-0.15, -0.1) is 11.3 Å². The molecule has 0 spiro atoms. The van der Waals surface area contributed by atoms with Crippen LogP contribution in [0.3, 0.4) is 0 Å². The first-order valence-electron chi connectivity index (χ1n) is 5.73. The number of carbonyl (C=O) groups is 1. The summed E-state index contributed by atoms with van der Waals surface area (Å²) in [5.74, 6) is -0.649. The third kappa shape index (κ3) is 3.78. The summed E-state index contributed by atoms with van der Waals surface area (Å²) in [5, 5.41) is 15.3. The third-order valence-corrected chi connectivity index (χ3v) is 4.10. The molecule has 0 saturated carbocycles. The van der Waals surface area contributed by atoms with Crippen LogP contribution in [0.4, 0.5) is 5.69 Å². The van der Waals surface area contributed by atoms with Crippen molar-refractivity contribution >= 4 is 38.9 Å². The van der Waals surface area contributed by atoms with Crippen LogP contribution in [-0.4, -0.2) is 22.6 Å². The Morgan fingerprint density at radius 1 is 1.53 bits per heavy atom. The van der Waals surface area contributed by atoms with Crippen molar-refractivity contribution in [1.82, 2.24) is 4.98 Å². The predicted molar refractivity (Wildman–Crippen MR) is 80.1 cm³/mol. The van der Waals surface area contributed by atoms with Gasteiger partial charge in [0.1, 0.15) is 0 Å². The van der Waals surface area contributed by atoms with Crippen LogP contribution in [0.1, 0.15) is 28.2 Å². The van der Waals surface area contributed by atoms with Gasteiger partial charge in [0.2, 0.25) is 0 Å². The summed E-state index contributed by atoms with van der Waals surface area (Å²) in [4.78, 5) is 15.2. The number of nitrogens with one attached hydrogen (secondary N) is 1. The molecule has 2 rings (SSSR count). The molecule has 1 aromatic heterocycles. The van der Waals surface area contributed by atoms with Crippen LogP contribution in [0, 0.1) is 0 Å². The largest absolute Gasteiger partial charge is 0.478 e. The number of carboxylic acid groups (broad SMARTS) is 1. The Labute approximate surface area is 123 Å². The molecule has 1 unspecified atom stereocenters. The molecular weight excluding hydrogens is 328 g/mol. The second-order valence-electron chi connectivity index (χ2n) is 4.19. The van der Waals surface area contributed by atoms with Crippen molar-refractivity contribution in [3.8, 4) is 0 Å². The average molecular weight is 341 g/mol. The highest BCUT2D eigenvalue weighted by Gasteiger charge is 2.09. The molecule has 6 heteroatoms. The SMILES string of the molecule is CC(CNc1cc(Br)cc(C(=O)O)c1)c1nccs1. The molecule has 100 valence electrons. The number of hydrogen-bond donors (Lipinski definition) is 2. The number of aromatic carboxylic acids is 1. The highest BCUT2D eigenvalue weighted by atomic mass is 79.9. The van der Waals surface area contributed by atoms with Gasteiger partial charge in [0.25, 0.3) is 0 Å². The van der Waals surface area contributed by atoms with Crippen LogP contribution in [0.2, 0.25) is 0 Å². The maximum Gasteiger partial charge on any atom is 0.335 e. The summed E-state index contributed by atoms with van der Waals surface area (Å²) in [6.07, 6.45) is 1.79. The second-order valence-corrected chi connectivity index (χ2v) is 6.03. The number of aromatic nitrogens is 1. The summed E-state index contributed by atoms with van der Waals surface area (Å²) >= 11 is 4.94. The molecule has 0 aliphatic carbocycles. The van der Waals surface area contributed by atoms with E-state index in [0.29, 0.717) is 6.54 Å². The molecule has 0 radical (unpaired) electrons. The number of halogens is 1. The lowest BCUT2D eigenvalue weighted by molar-refractivity contribution is 0.0697. The number of carboxylic acids is 1. The molecule has 1 atom stereocenters. The Kier molecular flexibility index (Phi) is 4.55. The summed E-state index contributed by atoms with van der Waals surface area (Å²) in [6.45, 7) is 2.80. The van der Waals surface area contributed by atoms with E-state index in [0.717, 1.165) is 15.2 Å². The van der Waals surface area contributed by atoms with Gasteiger partial charge in [-0.05, 0) is 18.2 Å². The molecule has 0 amide bonds. The number of rotatable bonds is 5. The number of nitrogens with zero attached hydrogens (tertiary/aromatic N) is 1. The molecule has 19 heavy (non-hydrogen) atoms. The van der Waals surface area contributed by atoms with E-state index in [-0.39, 0.29) is 11.5 Å². The van der Waals surface area contributed by atoms with Crippen molar-refractivity contribution in [1.29, 1.82) is 0 Å². The van der Waals surface area contributed by atoms with Gasteiger partial charge in [0.15, 0.2) is 0 Å². The fraction of sp³-hybridized carbons (Fsp3) is 0.231. The van der Waals surface area contributed by atoms with Gasteiger partial charge >= 0.3 is 5.97 Å². The maximum atomic E-state index is 11.0. The van der Waals surface area contributed by atoms with Crippen LogP contribution in [-0.2, 0) is 0 Å². The first-order chi connectivity index (χ1) is 9.06. The van der Waals surface area contributed by atoms with Crippen molar-refractivity contribution in [2.45, 2.75) is 12.8 Å². The van der Waals surface area contributed by atoms with Crippen molar-refractivity contribution in [2.75, 3.05) is 11.9 Å². The zero-order chi connectivity index (χ0) is 13.8. The summed E-state index contributed by atoms with van der Waals surface area (Å²) < 4.78 is 0.747. The first-order valence-corrected chi connectivity index (χ1v) is 7.40. The molecule has 0 saturated heterocycles. The van der Waals surface area contributed by atoms with Gasteiger partial charge in [-0.25, -0.2) is 9.78 Å². The molecule has 0 bridgehead atoms. The van der Waals surface area contributed by atoms with Crippen molar-refractivity contribution in [3.63, 3.8) is 0 Å². The van der Waals surface area contributed by atoms with Crippen LogP contribution in [0.25, 0.3) is 0 Å². The Morgan fingerprint density at radius 2 is 2.32 bits per heavy atom. The van der Waals surface area contributed by atoms with E-state index in [4.69, 9.17) is 5.11 Å². The molecular formula is C13H13BrN2O2S. The third-order valence-electron chi connectivity index (χ3n) is 2.63. The monoisotopic (exact) mass is 340 g/mol. The lowest BCUT2D eigenvalue weighted by Crippen LogP contribution is -2.10. The van der Waals surface area contributed by atoms with E-state index in [2.05, 4.69) is 33.2 Å². The van der Waals surface area contributed by atoms with Crippen LogP contribution >= 0.6 is 27.3 Å². The zero-order valence-corrected chi connectivity index (χ0v) is 12.7. The van der Waals surface area contributed by atoms with E-state index >= 15 is 0 Å². The van der Waals surface area contributed by atoms with Gasteiger partial charge in [-0.1, -0.05) is 22.9 Å². The van der Waals surface area contributed by atoms with Crippen molar-refractivity contribution in [2.24, 2.45) is 0 Å². The second kappa shape index (κ2) is 6.16. The predicted octanol–water partition coefficient (Wildman–Crippen LogP) is 3.82. The lowest BCUT2D eigenvalue weighted by Gasteiger charge is -2.12. The zero-order valence-electron chi connectivity index (χ0n) is 10.3. The van der Waals surface area contributed by atoms with Crippen LogP contribution < -0.4 is 5.32 Å². The van der Waals surface area contributed by atoms with E-state index in [9.17, 15) is 4.79 Å². The lowest BCUT2D eigenvalue weighted by atomic mass is 10.1. The fourth-order valence-corrected chi connectivity index (χ4v) is 2.84. The molecule has 1 aromatic carbocycles. The van der Waals surface area contributed by atoms with Gasteiger partial charge in [0.05, 0.1) is 10.6 Å². The normalized spacial score (nSPS) is 12.1. The van der Waals surface area contributed by atoms with Crippen LogP contribution in [0.15, 0.2) is 34.2 Å². The van der Waals surface area contributed by atoms with E-state index < -0.39 is 5.97 Å². The summed E-state index contributed by atoms with van der Waals surface area (Å²) in [7, 11) is 0. The maximum absolute atomic E-state index is 11.0. The minimum absolute atomic E-state index is 0.263. The van der Waals surface area contributed by atoms with Gasteiger partial charge < -0.3 is 10.4 Å². The minimum Gasteiger partial charge on any atom is -0.478 e. The van der Waals surface area contributed by atoms with Crippen molar-refractivity contribution < 1.29 is 9.90 Å². The number of anilines is 1. The summed E-state index contributed by atoms with van der Waals surface area (Å²) in [6, 6.07) is 5.07. The van der Waals surface area contributed by atoms with Gasteiger partial charge in [0, 0.05) is 34.2 Å². The Bertz CT molecular complexity index is 572. The van der Waals surface area contributed by atoms with E-state index in [1.807, 2.05) is 11.4 Å². The molecule has 0 aliphatic heterocycles. The molecule has 2 N–H and O–H groups in total. The number of hydrogen-bond acceptors (Lipinski definition) is 4. The van der Waals surface area contributed by atoms with E-state index in [1.165, 1.54) is 0 Å². The Balaban J connectivity index is 2.05. The molecule has 0 fully saturated rings. The Morgan fingerprint density at radius 3 is 2.95 bits per heavy atom. The average Bonchev–Trinajstić information content (AvgIpc) is 2.89. The highest BCUT2D eigenvalue weighted by Crippen LogP contribution is 2.22.